The third-order valence-corrected chi connectivity index (χ3v) is 2.47. The lowest BCUT2D eigenvalue weighted by atomic mass is 10.0. The molecular weight excluding hydrogens is 158 g/mol. The summed E-state index contributed by atoms with van der Waals surface area (Å²) in [5.74, 6) is 0.839. The summed E-state index contributed by atoms with van der Waals surface area (Å²) in [6.45, 7) is 11.4. The van der Waals surface area contributed by atoms with Crippen LogP contribution in [-0.2, 0) is 0 Å². The zero-order valence-electron chi connectivity index (χ0n) is 10.1. The van der Waals surface area contributed by atoms with Gasteiger partial charge in [0, 0.05) is 12.1 Å². The van der Waals surface area contributed by atoms with Gasteiger partial charge in [0.15, 0.2) is 0 Å². The van der Waals surface area contributed by atoms with Crippen molar-refractivity contribution < 1.29 is 0 Å². The van der Waals surface area contributed by atoms with Gasteiger partial charge in [-0.25, -0.2) is 0 Å². The van der Waals surface area contributed by atoms with Gasteiger partial charge in [-0.2, -0.15) is 0 Å². The molecule has 13 heavy (non-hydrogen) atoms. The molecule has 80 valence electrons. The fourth-order valence-electron chi connectivity index (χ4n) is 1.67. The molecule has 0 radical (unpaired) electrons. The van der Waals surface area contributed by atoms with Crippen LogP contribution in [0, 0.1) is 5.92 Å². The maximum Gasteiger partial charge on any atom is 0.00413 e. The fraction of sp³-hybridized carbons (Fsp3) is 1.00. The molecule has 0 aliphatic rings. The highest BCUT2D eigenvalue weighted by Gasteiger charge is 2.06. The summed E-state index contributed by atoms with van der Waals surface area (Å²) in [7, 11) is 0. The lowest BCUT2D eigenvalue weighted by Gasteiger charge is -2.20. The summed E-state index contributed by atoms with van der Waals surface area (Å²) in [4.78, 5) is 0. The molecular formula is C12H27N. The van der Waals surface area contributed by atoms with Gasteiger partial charge >= 0.3 is 0 Å². The van der Waals surface area contributed by atoms with E-state index in [1.54, 1.807) is 0 Å². The maximum atomic E-state index is 3.64. The van der Waals surface area contributed by atoms with Gasteiger partial charge in [0.1, 0.15) is 0 Å². The van der Waals surface area contributed by atoms with Gasteiger partial charge in [-0.15, -0.1) is 0 Å². The summed E-state index contributed by atoms with van der Waals surface area (Å²) in [5, 5.41) is 3.64. The van der Waals surface area contributed by atoms with Crippen LogP contribution >= 0.6 is 0 Å². The van der Waals surface area contributed by atoms with Crippen LogP contribution in [0.1, 0.15) is 60.3 Å². The summed E-state index contributed by atoms with van der Waals surface area (Å²) < 4.78 is 0. The van der Waals surface area contributed by atoms with Crippen molar-refractivity contribution in [3.8, 4) is 0 Å². The van der Waals surface area contributed by atoms with Gasteiger partial charge in [0.05, 0.1) is 0 Å². The Kier molecular flexibility index (Phi) is 7.35. The van der Waals surface area contributed by atoms with E-state index in [-0.39, 0.29) is 0 Å². The van der Waals surface area contributed by atoms with Crippen LogP contribution in [0.4, 0.5) is 0 Å². The summed E-state index contributed by atoms with van der Waals surface area (Å²) >= 11 is 0. The Bertz CT molecular complexity index is 110. The van der Waals surface area contributed by atoms with Crippen molar-refractivity contribution in [2.75, 3.05) is 0 Å². The smallest absolute Gasteiger partial charge is 0.00413 e. The van der Waals surface area contributed by atoms with Crippen LogP contribution in [0.15, 0.2) is 0 Å². The van der Waals surface area contributed by atoms with E-state index < -0.39 is 0 Å². The van der Waals surface area contributed by atoms with E-state index in [1.165, 1.54) is 25.7 Å². The van der Waals surface area contributed by atoms with E-state index >= 15 is 0 Å². The Hall–Kier alpha value is -0.0400. The SMILES string of the molecule is CCCC(C)NC(C)CCC(C)C. The molecule has 1 N–H and O–H groups in total. The largest absolute Gasteiger partial charge is 0.312 e. The van der Waals surface area contributed by atoms with Crippen LogP contribution < -0.4 is 5.32 Å². The van der Waals surface area contributed by atoms with Crippen molar-refractivity contribution in [3.05, 3.63) is 0 Å². The van der Waals surface area contributed by atoms with Crippen LogP contribution in [0.25, 0.3) is 0 Å². The lowest BCUT2D eigenvalue weighted by Crippen LogP contribution is -2.34. The van der Waals surface area contributed by atoms with Crippen molar-refractivity contribution in [2.45, 2.75) is 72.4 Å². The molecule has 0 aromatic heterocycles. The Morgan fingerprint density at radius 2 is 1.38 bits per heavy atom. The minimum Gasteiger partial charge on any atom is -0.312 e. The highest BCUT2D eigenvalue weighted by atomic mass is 14.9. The highest BCUT2D eigenvalue weighted by Crippen LogP contribution is 2.07. The molecule has 0 aromatic rings. The van der Waals surface area contributed by atoms with Gasteiger partial charge in [-0.3, -0.25) is 0 Å². The van der Waals surface area contributed by atoms with Crippen LogP contribution in [-0.4, -0.2) is 12.1 Å². The normalized spacial score (nSPS) is 16.2. The molecule has 2 unspecified atom stereocenters. The molecule has 1 heteroatoms. The van der Waals surface area contributed by atoms with Crippen LogP contribution in [0.2, 0.25) is 0 Å². The zero-order chi connectivity index (χ0) is 10.3. The Labute approximate surface area is 84.3 Å². The Balaban J connectivity index is 3.43. The van der Waals surface area contributed by atoms with Gasteiger partial charge < -0.3 is 5.32 Å². The second-order valence-corrected chi connectivity index (χ2v) is 4.73. The first-order valence-corrected chi connectivity index (χ1v) is 5.82. The van der Waals surface area contributed by atoms with Crippen LogP contribution in [0.5, 0.6) is 0 Å². The van der Waals surface area contributed by atoms with E-state index in [4.69, 9.17) is 0 Å². The molecule has 0 saturated carbocycles. The topological polar surface area (TPSA) is 12.0 Å². The second kappa shape index (κ2) is 7.37. The Morgan fingerprint density at radius 1 is 0.846 bits per heavy atom. The van der Waals surface area contributed by atoms with Crippen molar-refractivity contribution >= 4 is 0 Å². The van der Waals surface area contributed by atoms with Gasteiger partial charge in [0.25, 0.3) is 0 Å². The summed E-state index contributed by atoms with van der Waals surface area (Å²) in [5.41, 5.74) is 0. The zero-order valence-corrected chi connectivity index (χ0v) is 10.1. The molecule has 0 aromatic carbocycles. The fourth-order valence-corrected chi connectivity index (χ4v) is 1.67. The van der Waals surface area contributed by atoms with E-state index in [1.807, 2.05) is 0 Å². The first-order chi connectivity index (χ1) is 6.06. The Morgan fingerprint density at radius 3 is 1.85 bits per heavy atom. The van der Waals surface area contributed by atoms with E-state index in [0.717, 1.165) is 5.92 Å². The minimum atomic E-state index is 0.684. The molecule has 0 bridgehead atoms. The van der Waals surface area contributed by atoms with Crippen LogP contribution in [0.3, 0.4) is 0 Å². The third kappa shape index (κ3) is 8.29. The minimum absolute atomic E-state index is 0.684. The van der Waals surface area contributed by atoms with Crippen molar-refractivity contribution in [2.24, 2.45) is 5.92 Å². The molecule has 2 atom stereocenters. The lowest BCUT2D eigenvalue weighted by molar-refractivity contribution is 0.398. The second-order valence-electron chi connectivity index (χ2n) is 4.73. The van der Waals surface area contributed by atoms with Gasteiger partial charge in [-0.1, -0.05) is 27.2 Å². The summed E-state index contributed by atoms with van der Waals surface area (Å²) in [6, 6.07) is 1.37. The average Bonchev–Trinajstić information content (AvgIpc) is 2.01. The highest BCUT2D eigenvalue weighted by molar-refractivity contribution is 4.67. The van der Waals surface area contributed by atoms with Gasteiger partial charge in [0.2, 0.25) is 0 Å². The molecule has 1 nitrogen and oxygen atoms in total. The van der Waals surface area contributed by atoms with E-state index in [9.17, 15) is 0 Å². The number of hydrogen-bond acceptors (Lipinski definition) is 1. The molecule has 0 rings (SSSR count). The van der Waals surface area contributed by atoms with Crippen molar-refractivity contribution in [1.29, 1.82) is 0 Å². The van der Waals surface area contributed by atoms with Crippen molar-refractivity contribution in [1.82, 2.24) is 5.32 Å². The predicted molar refractivity (Wildman–Crippen MR) is 61.0 cm³/mol. The molecule has 0 aliphatic carbocycles. The molecule has 0 aliphatic heterocycles. The monoisotopic (exact) mass is 185 g/mol. The number of hydrogen-bond donors (Lipinski definition) is 1. The molecule has 0 spiro atoms. The number of nitrogens with one attached hydrogen (secondary N) is 1. The van der Waals surface area contributed by atoms with Crippen molar-refractivity contribution in [3.63, 3.8) is 0 Å². The quantitative estimate of drug-likeness (QED) is 0.639. The summed E-state index contributed by atoms with van der Waals surface area (Å²) in [6.07, 6.45) is 5.23. The standard InChI is InChI=1S/C12H27N/c1-6-7-11(4)13-12(5)9-8-10(2)3/h10-13H,6-9H2,1-5H3. The van der Waals surface area contributed by atoms with E-state index in [2.05, 4.69) is 39.9 Å². The van der Waals surface area contributed by atoms with Gasteiger partial charge in [-0.05, 0) is 39.0 Å². The first-order valence-electron chi connectivity index (χ1n) is 5.82. The molecule has 0 saturated heterocycles. The predicted octanol–water partition coefficient (Wildman–Crippen LogP) is 3.59. The molecule has 0 fully saturated rings. The molecule has 0 amide bonds. The molecule has 0 heterocycles. The average molecular weight is 185 g/mol. The number of rotatable bonds is 7. The van der Waals surface area contributed by atoms with E-state index in [0.29, 0.717) is 12.1 Å². The first kappa shape index (κ1) is 13.0. The third-order valence-electron chi connectivity index (χ3n) is 2.47. The maximum absolute atomic E-state index is 3.64.